The number of hydrogen-bond acceptors (Lipinski definition) is 4. The molecule has 2 heterocycles. The molecule has 0 aliphatic rings. The normalized spacial score (nSPS) is 11.4. The molecule has 0 fully saturated rings. The number of aryl methyl sites for hydroxylation is 1. The Hall–Kier alpha value is -2.80. The summed E-state index contributed by atoms with van der Waals surface area (Å²) in [6.07, 6.45) is 4.15. The monoisotopic (exact) mass is 358 g/mol. The lowest BCUT2D eigenvalue weighted by Gasteiger charge is -2.07. The van der Waals surface area contributed by atoms with Crippen molar-refractivity contribution in [1.82, 2.24) is 8.96 Å². The van der Waals surface area contributed by atoms with Crippen LogP contribution in [0.15, 0.2) is 66.0 Å². The minimum atomic E-state index is -4.06. The summed E-state index contributed by atoms with van der Waals surface area (Å²) >= 11 is 0. The van der Waals surface area contributed by atoms with Crippen LogP contribution in [0.1, 0.15) is 21.6 Å². The Morgan fingerprint density at radius 1 is 1.20 bits per heavy atom. The minimum absolute atomic E-state index is 0.00975. The van der Waals surface area contributed by atoms with Crippen molar-refractivity contribution in [3.8, 4) is 0 Å². The molecule has 0 unspecified atom stereocenters. The predicted octanol–water partition coefficient (Wildman–Crippen LogP) is 2.99. The summed E-state index contributed by atoms with van der Waals surface area (Å²) in [5.41, 5.74) is 1.45. The van der Waals surface area contributed by atoms with Crippen molar-refractivity contribution in [2.24, 2.45) is 0 Å². The van der Waals surface area contributed by atoms with Crippen LogP contribution < -0.4 is 0 Å². The third-order valence-corrected chi connectivity index (χ3v) is 5.34. The molecule has 0 atom stereocenters. The molecule has 1 aromatic carbocycles. The van der Waals surface area contributed by atoms with Crippen LogP contribution in [0.2, 0.25) is 0 Å². The van der Waals surface area contributed by atoms with Crippen LogP contribution >= 0.6 is 0 Å². The average Bonchev–Trinajstić information content (AvgIpc) is 3.07. The van der Waals surface area contributed by atoms with Crippen molar-refractivity contribution >= 4 is 15.8 Å². The standard InChI is InChI=1S/C18H15FN2O3S/c1-13-5-6-15(19)18(10-13)25(23,24)21-9-7-14(12-21)11-17(22)16-4-2-3-8-20-16/h2-10,12H,11H2,1H3. The van der Waals surface area contributed by atoms with Crippen molar-refractivity contribution in [3.63, 3.8) is 0 Å². The van der Waals surface area contributed by atoms with Gasteiger partial charge in [0.15, 0.2) is 5.78 Å². The zero-order chi connectivity index (χ0) is 18.0. The van der Waals surface area contributed by atoms with Crippen molar-refractivity contribution in [2.45, 2.75) is 18.2 Å². The second-order valence-corrected chi connectivity index (χ2v) is 7.42. The molecule has 5 nitrogen and oxygen atoms in total. The summed E-state index contributed by atoms with van der Waals surface area (Å²) in [7, 11) is -4.06. The fourth-order valence-corrected chi connectivity index (χ4v) is 3.77. The Morgan fingerprint density at radius 2 is 2.00 bits per heavy atom. The molecular formula is C18H15FN2O3S. The van der Waals surface area contributed by atoms with Crippen LogP contribution in [0, 0.1) is 12.7 Å². The number of rotatable bonds is 5. The lowest BCUT2D eigenvalue weighted by atomic mass is 10.1. The number of Topliss-reactive ketones (excluding diaryl/α,β-unsaturated/α-hetero) is 1. The summed E-state index contributed by atoms with van der Waals surface area (Å²) in [5.74, 6) is -1.04. The van der Waals surface area contributed by atoms with Crippen molar-refractivity contribution in [1.29, 1.82) is 0 Å². The molecule has 3 rings (SSSR count). The zero-order valence-electron chi connectivity index (χ0n) is 13.4. The summed E-state index contributed by atoms with van der Waals surface area (Å²) in [4.78, 5) is 15.7. The molecule has 0 aliphatic heterocycles. The summed E-state index contributed by atoms with van der Waals surface area (Å²) < 4.78 is 40.1. The van der Waals surface area contributed by atoms with E-state index < -0.39 is 20.7 Å². The van der Waals surface area contributed by atoms with Gasteiger partial charge in [0.25, 0.3) is 10.0 Å². The number of ketones is 1. The Kier molecular flexibility index (Phi) is 4.50. The number of pyridine rings is 1. The predicted molar refractivity (Wildman–Crippen MR) is 90.4 cm³/mol. The highest BCUT2D eigenvalue weighted by molar-refractivity contribution is 7.90. The third-order valence-electron chi connectivity index (χ3n) is 3.69. The summed E-state index contributed by atoms with van der Waals surface area (Å²) in [6.45, 7) is 1.69. The van der Waals surface area contributed by atoms with E-state index in [9.17, 15) is 17.6 Å². The molecule has 0 saturated carbocycles. The Bertz CT molecular complexity index is 1030. The van der Waals surface area contributed by atoms with E-state index in [1.54, 1.807) is 25.1 Å². The fourth-order valence-electron chi connectivity index (χ4n) is 2.40. The molecule has 3 aromatic rings. The highest BCUT2D eigenvalue weighted by Gasteiger charge is 2.22. The van der Waals surface area contributed by atoms with Crippen LogP contribution in [-0.2, 0) is 16.4 Å². The van der Waals surface area contributed by atoms with E-state index in [0.29, 0.717) is 16.8 Å². The SMILES string of the molecule is Cc1ccc(F)c(S(=O)(=O)n2ccc(CC(=O)c3ccccn3)c2)c1. The number of benzene rings is 1. The van der Waals surface area contributed by atoms with Crippen LogP contribution in [-0.4, -0.2) is 23.2 Å². The molecule has 128 valence electrons. The lowest BCUT2D eigenvalue weighted by Crippen LogP contribution is -2.13. The highest BCUT2D eigenvalue weighted by Crippen LogP contribution is 2.20. The first kappa shape index (κ1) is 17.0. The quantitative estimate of drug-likeness (QED) is 0.658. The van der Waals surface area contributed by atoms with Crippen molar-refractivity contribution < 1.29 is 17.6 Å². The van der Waals surface area contributed by atoms with E-state index in [4.69, 9.17) is 0 Å². The van der Waals surface area contributed by atoms with Gasteiger partial charge in [0.1, 0.15) is 16.4 Å². The number of carbonyl (C=O) groups excluding carboxylic acids is 1. The zero-order valence-corrected chi connectivity index (χ0v) is 14.2. The largest absolute Gasteiger partial charge is 0.292 e. The topological polar surface area (TPSA) is 69.0 Å². The van der Waals surface area contributed by atoms with Gasteiger partial charge in [0.05, 0.1) is 0 Å². The van der Waals surface area contributed by atoms with E-state index >= 15 is 0 Å². The molecule has 0 amide bonds. The third kappa shape index (κ3) is 3.51. The molecule has 0 saturated heterocycles. The van der Waals surface area contributed by atoms with E-state index in [0.717, 1.165) is 10.0 Å². The first-order valence-corrected chi connectivity index (χ1v) is 8.95. The molecule has 0 N–H and O–H groups in total. The second-order valence-electron chi connectivity index (χ2n) is 5.60. The van der Waals surface area contributed by atoms with Crippen LogP contribution in [0.3, 0.4) is 0 Å². The average molecular weight is 358 g/mol. The minimum Gasteiger partial charge on any atom is -0.292 e. The molecular weight excluding hydrogens is 343 g/mol. The molecule has 0 radical (unpaired) electrons. The van der Waals surface area contributed by atoms with E-state index in [2.05, 4.69) is 4.98 Å². The van der Waals surface area contributed by atoms with Gasteiger partial charge in [-0.25, -0.2) is 16.8 Å². The van der Waals surface area contributed by atoms with Gasteiger partial charge >= 0.3 is 0 Å². The number of aromatic nitrogens is 2. The molecule has 25 heavy (non-hydrogen) atoms. The summed E-state index contributed by atoms with van der Waals surface area (Å²) in [5, 5.41) is 0. The maximum Gasteiger partial charge on any atom is 0.270 e. The first-order valence-electron chi connectivity index (χ1n) is 7.51. The van der Waals surface area contributed by atoms with Gasteiger partial charge in [0.2, 0.25) is 0 Å². The maximum absolute atomic E-state index is 13.9. The number of carbonyl (C=O) groups is 1. The van der Waals surface area contributed by atoms with Gasteiger partial charge in [-0.05, 0) is 48.4 Å². The number of nitrogens with zero attached hydrogens (tertiary/aromatic N) is 2. The van der Waals surface area contributed by atoms with E-state index in [-0.39, 0.29) is 12.2 Å². The highest BCUT2D eigenvalue weighted by atomic mass is 32.2. The van der Waals surface area contributed by atoms with Crippen LogP contribution in [0.5, 0.6) is 0 Å². The van der Waals surface area contributed by atoms with Crippen LogP contribution in [0.4, 0.5) is 4.39 Å². The fraction of sp³-hybridized carbons (Fsp3) is 0.111. The Morgan fingerprint density at radius 3 is 2.72 bits per heavy atom. The summed E-state index contributed by atoms with van der Waals surface area (Å²) in [6, 6.07) is 10.4. The molecule has 2 aromatic heterocycles. The second kappa shape index (κ2) is 6.60. The first-order chi connectivity index (χ1) is 11.9. The van der Waals surface area contributed by atoms with Crippen molar-refractivity contribution in [3.05, 3.63) is 83.7 Å². The van der Waals surface area contributed by atoms with E-state index in [1.807, 2.05) is 0 Å². The van der Waals surface area contributed by atoms with Gasteiger partial charge in [-0.15, -0.1) is 0 Å². The van der Waals surface area contributed by atoms with Gasteiger partial charge in [-0.1, -0.05) is 12.1 Å². The number of hydrogen-bond donors (Lipinski definition) is 0. The molecule has 0 spiro atoms. The number of halogens is 1. The smallest absolute Gasteiger partial charge is 0.270 e. The Labute approximate surface area is 144 Å². The molecule has 0 aliphatic carbocycles. The Balaban J connectivity index is 1.88. The van der Waals surface area contributed by atoms with Gasteiger partial charge in [0, 0.05) is 25.0 Å². The lowest BCUT2D eigenvalue weighted by molar-refractivity contribution is 0.0988. The van der Waals surface area contributed by atoms with Gasteiger partial charge in [-0.2, -0.15) is 0 Å². The van der Waals surface area contributed by atoms with Crippen LogP contribution in [0.25, 0.3) is 0 Å². The van der Waals surface area contributed by atoms with Gasteiger partial charge in [-0.3, -0.25) is 9.78 Å². The van der Waals surface area contributed by atoms with E-state index in [1.165, 1.54) is 36.8 Å². The molecule has 0 bridgehead atoms. The maximum atomic E-state index is 13.9. The van der Waals surface area contributed by atoms with Gasteiger partial charge < -0.3 is 0 Å². The van der Waals surface area contributed by atoms with Crippen molar-refractivity contribution in [2.75, 3.05) is 0 Å². The molecule has 7 heteroatoms.